The third-order valence-corrected chi connectivity index (χ3v) is 4.23. The summed E-state index contributed by atoms with van der Waals surface area (Å²) in [5.74, 6) is -1.96. The van der Waals surface area contributed by atoms with Gasteiger partial charge in [0, 0.05) is 36.6 Å². The number of hydrogen-bond acceptors (Lipinski definition) is 7. The minimum absolute atomic E-state index is 0.754. The Morgan fingerprint density at radius 3 is 2.48 bits per heavy atom. The van der Waals surface area contributed by atoms with Crippen LogP contribution in [0.4, 0.5) is 24.1 Å². The van der Waals surface area contributed by atoms with Crippen LogP contribution in [0, 0.1) is 0 Å². The highest BCUT2D eigenvalue weighted by molar-refractivity contribution is 7.15. The first-order valence-corrected chi connectivity index (χ1v) is 8.17. The maximum atomic E-state index is 10.6. The van der Waals surface area contributed by atoms with E-state index >= 15 is 0 Å². The van der Waals surface area contributed by atoms with Gasteiger partial charge in [-0.15, -0.1) is 11.3 Å². The van der Waals surface area contributed by atoms with E-state index in [1.807, 2.05) is 6.20 Å². The van der Waals surface area contributed by atoms with Crippen LogP contribution in [0.5, 0.6) is 0 Å². The maximum Gasteiger partial charge on any atom is 0.490 e. The number of carbonyl (C=O) groups is 1. The highest BCUT2D eigenvalue weighted by Crippen LogP contribution is 2.26. The summed E-state index contributed by atoms with van der Waals surface area (Å²) in [7, 11) is 0. The molecule has 0 aromatic carbocycles. The van der Waals surface area contributed by atoms with Crippen molar-refractivity contribution in [3.63, 3.8) is 0 Å². The van der Waals surface area contributed by atoms with E-state index in [-0.39, 0.29) is 0 Å². The first-order chi connectivity index (χ1) is 11.9. The number of aliphatic carboxylic acids is 1. The lowest BCUT2D eigenvalue weighted by Gasteiger charge is -2.12. The molecule has 1 saturated heterocycles. The summed E-state index contributed by atoms with van der Waals surface area (Å²) in [5, 5.41) is 11.5. The van der Waals surface area contributed by atoms with Crippen LogP contribution in [-0.4, -0.2) is 45.3 Å². The lowest BCUT2D eigenvalue weighted by molar-refractivity contribution is -0.192. The van der Waals surface area contributed by atoms with Crippen LogP contribution >= 0.6 is 11.3 Å². The molecular formula is C14H16F3N5O2S. The number of nitrogens with one attached hydrogen (secondary N) is 1. The number of nitrogens with zero attached hydrogens (tertiary/aromatic N) is 4. The predicted octanol–water partition coefficient (Wildman–Crippen LogP) is 2.78. The number of rotatable bonds is 4. The molecule has 2 aromatic rings. The molecular weight excluding hydrogens is 359 g/mol. The van der Waals surface area contributed by atoms with Crippen LogP contribution in [-0.2, 0) is 11.3 Å². The lowest BCUT2D eigenvalue weighted by atomic mass is 10.4. The zero-order valence-electron chi connectivity index (χ0n) is 13.0. The Hall–Kier alpha value is -2.43. The SMILES string of the molecule is O=C(O)C(F)(F)F.c1cnc(NCc2cnc(N3CCCC3)s2)cn1. The van der Waals surface area contributed by atoms with Crippen molar-refractivity contribution >= 4 is 28.3 Å². The number of anilines is 2. The van der Waals surface area contributed by atoms with Crippen molar-refractivity contribution in [3.8, 4) is 0 Å². The van der Waals surface area contributed by atoms with Crippen LogP contribution < -0.4 is 10.2 Å². The summed E-state index contributed by atoms with van der Waals surface area (Å²) < 4.78 is 31.7. The molecule has 3 rings (SSSR count). The number of carboxylic acids is 1. The van der Waals surface area contributed by atoms with E-state index in [0.29, 0.717) is 0 Å². The minimum atomic E-state index is -5.08. The summed E-state index contributed by atoms with van der Waals surface area (Å²) >= 11 is 1.75. The lowest BCUT2D eigenvalue weighted by Crippen LogP contribution is -2.21. The molecule has 1 aliphatic heterocycles. The fraction of sp³-hybridized carbons (Fsp3) is 0.429. The molecule has 0 atom stereocenters. The van der Waals surface area contributed by atoms with Crippen LogP contribution in [0.2, 0.25) is 0 Å². The van der Waals surface area contributed by atoms with Crippen molar-refractivity contribution < 1.29 is 23.1 Å². The molecule has 0 radical (unpaired) electrons. The second-order valence-electron chi connectivity index (χ2n) is 5.05. The molecule has 25 heavy (non-hydrogen) atoms. The Balaban J connectivity index is 0.000000277. The van der Waals surface area contributed by atoms with Gasteiger partial charge >= 0.3 is 12.1 Å². The average molecular weight is 375 g/mol. The number of alkyl halides is 3. The molecule has 0 unspecified atom stereocenters. The molecule has 0 aliphatic carbocycles. The molecule has 7 nitrogen and oxygen atoms in total. The zero-order valence-corrected chi connectivity index (χ0v) is 13.8. The number of thiazole rings is 1. The Labute approximate surface area is 145 Å². The van der Waals surface area contributed by atoms with Crippen molar-refractivity contribution in [1.82, 2.24) is 15.0 Å². The summed E-state index contributed by atoms with van der Waals surface area (Å²) in [5.41, 5.74) is 0. The van der Waals surface area contributed by atoms with Gasteiger partial charge in [0.25, 0.3) is 0 Å². The van der Waals surface area contributed by atoms with E-state index in [4.69, 9.17) is 9.90 Å². The molecule has 0 saturated carbocycles. The van der Waals surface area contributed by atoms with Gasteiger partial charge < -0.3 is 15.3 Å². The summed E-state index contributed by atoms with van der Waals surface area (Å²) in [6.07, 6.45) is 4.51. The van der Waals surface area contributed by atoms with Gasteiger partial charge in [-0.25, -0.2) is 14.8 Å². The molecule has 2 aromatic heterocycles. The van der Waals surface area contributed by atoms with Gasteiger partial charge in [-0.1, -0.05) is 0 Å². The van der Waals surface area contributed by atoms with Crippen molar-refractivity contribution in [2.45, 2.75) is 25.6 Å². The molecule has 136 valence electrons. The second kappa shape index (κ2) is 8.60. The fourth-order valence-electron chi connectivity index (χ4n) is 2.00. The quantitative estimate of drug-likeness (QED) is 0.849. The van der Waals surface area contributed by atoms with Gasteiger partial charge in [-0.05, 0) is 12.8 Å². The van der Waals surface area contributed by atoms with Gasteiger partial charge in [0.2, 0.25) is 0 Å². The number of carboxylic acid groups (broad SMARTS) is 1. The summed E-state index contributed by atoms with van der Waals surface area (Å²) in [6.45, 7) is 3.04. The monoisotopic (exact) mass is 375 g/mol. The van der Waals surface area contributed by atoms with Gasteiger partial charge in [0.05, 0.1) is 12.7 Å². The van der Waals surface area contributed by atoms with Crippen LogP contribution in [0.15, 0.2) is 24.8 Å². The molecule has 1 aliphatic rings. The van der Waals surface area contributed by atoms with E-state index in [0.717, 1.165) is 30.6 Å². The predicted molar refractivity (Wildman–Crippen MR) is 86.6 cm³/mol. The summed E-state index contributed by atoms with van der Waals surface area (Å²) in [4.78, 5) is 25.2. The molecule has 2 N–H and O–H groups in total. The number of hydrogen-bond donors (Lipinski definition) is 2. The number of halogens is 3. The molecule has 1 fully saturated rings. The molecule has 11 heteroatoms. The van der Waals surface area contributed by atoms with Crippen molar-refractivity contribution in [1.29, 1.82) is 0 Å². The third kappa shape index (κ3) is 6.18. The van der Waals surface area contributed by atoms with Gasteiger partial charge in [0.15, 0.2) is 5.13 Å². The van der Waals surface area contributed by atoms with Crippen molar-refractivity contribution in [3.05, 3.63) is 29.7 Å². The Morgan fingerprint density at radius 2 is 1.92 bits per heavy atom. The fourth-order valence-corrected chi connectivity index (χ4v) is 2.90. The molecule has 0 spiro atoms. The van der Waals surface area contributed by atoms with E-state index in [9.17, 15) is 13.2 Å². The van der Waals surface area contributed by atoms with Crippen molar-refractivity contribution in [2.75, 3.05) is 23.3 Å². The van der Waals surface area contributed by atoms with E-state index in [1.54, 1.807) is 29.9 Å². The molecule has 0 amide bonds. The minimum Gasteiger partial charge on any atom is -0.475 e. The largest absolute Gasteiger partial charge is 0.490 e. The van der Waals surface area contributed by atoms with Gasteiger partial charge in [0.1, 0.15) is 5.82 Å². The van der Waals surface area contributed by atoms with Crippen LogP contribution in [0.25, 0.3) is 0 Å². The second-order valence-corrected chi connectivity index (χ2v) is 6.14. The van der Waals surface area contributed by atoms with E-state index in [1.165, 1.54) is 17.7 Å². The zero-order chi connectivity index (χ0) is 18.3. The highest BCUT2D eigenvalue weighted by Gasteiger charge is 2.38. The van der Waals surface area contributed by atoms with Gasteiger partial charge in [-0.3, -0.25) is 4.98 Å². The van der Waals surface area contributed by atoms with E-state index < -0.39 is 12.1 Å². The Kier molecular flexibility index (Phi) is 6.51. The highest BCUT2D eigenvalue weighted by atomic mass is 32.1. The van der Waals surface area contributed by atoms with Crippen molar-refractivity contribution in [2.24, 2.45) is 0 Å². The smallest absolute Gasteiger partial charge is 0.475 e. The first-order valence-electron chi connectivity index (χ1n) is 7.36. The van der Waals surface area contributed by atoms with Crippen LogP contribution in [0.1, 0.15) is 17.7 Å². The molecule has 0 bridgehead atoms. The first kappa shape index (κ1) is 18.9. The Bertz CT molecular complexity index is 675. The van der Waals surface area contributed by atoms with E-state index in [2.05, 4.69) is 25.2 Å². The standard InChI is InChI=1S/C12H15N5S.C2HF3O2/c1-2-6-17(5-1)12-16-8-10(18-12)7-15-11-9-13-3-4-14-11;3-2(4,5)1(6)7/h3-4,8-9H,1-2,5-7H2,(H,14,15);(H,6,7). The average Bonchev–Trinajstić information content (AvgIpc) is 3.25. The third-order valence-electron chi connectivity index (χ3n) is 3.17. The topological polar surface area (TPSA) is 91.2 Å². The normalized spacial score (nSPS) is 14.0. The number of aromatic nitrogens is 3. The summed E-state index contributed by atoms with van der Waals surface area (Å²) in [6, 6.07) is 0. The maximum absolute atomic E-state index is 10.6. The Morgan fingerprint density at radius 1 is 1.24 bits per heavy atom. The van der Waals surface area contributed by atoms with Crippen LogP contribution in [0.3, 0.4) is 0 Å². The molecule has 3 heterocycles. The van der Waals surface area contributed by atoms with Gasteiger partial charge in [-0.2, -0.15) is 13.2 Å².